The highest BCUT2D eigenvalue weighted by atomic mass is 16.2. The van der Waals surface area contributed by atoms with Crippen LogP contribution >= 0.6 is 0 Å². The Balaban J connectivity index is 1.98. The number of nitrogens with zero attached hydrogens (tertiary/aromatic N) is 3. The molecule has 112 valence electrons. The highest BCUT2D eigenvalue weighted by molar-refractivity contribution is 5.95. The van der Waals surface area contributed by atoms with Crippen molar-refractivity contribution < 1.29 is 4.79 Å². The summed E-state index contributed by atoms with van der Waals surface area (Å²) >= 11 is 0. The molecule has 8 nitrogen and oxygen atoms in total. The van der Waals surface area contributed by atoms with Crippen LogP contribution in [0.3, 0.4) is 0 Å². The van der Waals surface area contributed by atoms with Gasteiger partial charge in [-0.1, -0.05) is 5.21 Å². The second-order valence-corrected chi connectivity index (χ2v) is 4.89. The third-order valence-corrected chi connectivity index (χ3v) is 3.51. The van der Waals surface area contributed by atoms with Gasteiger partial charge in [0, 0.05) is 18.7 Å². The lowest BCUT2D eigenvalue weighted by Crippen LogP contribution is -2.32. The summed E-state index contributed by atoms with van der Waals surface area (Å²) in [5.74, 6) is 0.245. The first-order valence-electron chi connectivity index (χ1n) is 6.71. The minimum Gasteiger partial charge on any atom is -0.352 e. The molecule has 21 heavy (non-hydrogen) atoms. The van der Waals surface area contributed by atoms with E-state index < -0.39 is 0 Å². The van der Waals surface area contributed by atoms with Gasteiger partial charge in [-0.3, -0.25) is 9.59 Å². The molecule has 0 atom stereocenters. The smallest absolute Gasteiger partial charge is 0.261 e. The van der Waals surface area contributed by atoms with Crippen LogP contribution in [0, 0.1) is 20.8 Å². The molecule has 0 aliphatic rings. The summed E-state index contributed by atoms with van der Waals surface area (Å²) in [6.07, 6.45) is 1.28. The van der Waals surface area contributed by atoms with Crippen molar-refractivity contribution in [2.75, 3.05) is 6.54 Å². The predicted molar refractivity (Wildman–Crippen MR) is 76.1 cm³/mol. The van der Waals surface area contributed by atoms with Crippen molar-refractivity contribution in [3.8, 4) is 0 Å². The van der Waals surface area contributed by atoms with Crippen LogP contribution in [0.2, 0.25) is 0 Å². The molecule has 8 heteroatoms. The number of aromatic amines is 2. The third kappa shape index (κ3) is 3.33. The van der Waals surface area contributed by atoms with E-state index in [-0.39, 0.29) is 17.0 Å². The molecule has 1 amide bonds. The van der Waals surface area contributed by atoms with Gasteiger partial charge in [0.1, 0.15) is 5.56 Å². The number of amides is 1. The fraction of sp³-hybridized carbons (Fsp3) is 0.462. The van der Waals surface area contributed by atoms with Crippen LogP contribution in [-0.4, -0.2) is 38.1 Å². The maximum Gasteiger partial charge on any atom is 0.261 e. The van der Waals surface area contributed by atoms with Crippen LogP contribution in [0.4, 0.5) is 0 Å². The number of carbonyl (C=O) groups is 1. The number of hydrogen-bond acceptors (Lipinski definition) is 5. The van der Waals surface area contributed by atoms with E-state index in [4.69, 9.17) is 0 Å². The number of tetrazole rings is 1. The average molecular weight is 290 g/mol. The van der Waals surface area contributed by atoms with Crippen LogP contribution < -0.4 is 10.9 Å². The van der Waals surface area contributed by atoms with Gasteiger partial charge in [0.05, 0.1) is 0 Å². The molecule has 0 aromatic carbocycles. The average Bonchev–Trinajstić information content (AvgIpc) is 2.94. The summed E-state index contributed by atoms with van der Waals surface area (Å²) in [4.78, 5) is 26.7. The highest BCUT2D eigenvalue weighted by Crippen LogP contribution is 2.11. The zero-order valence-electron chi connectivity index (χ0n) is 12.3. The van der Waals surface area contributed by atoms with Crippen molar-refractivity contribution in [2.24, 2.45) is 0 Å². The molecule has 3 N–H and O–H groups in total. The molecular formula is C13H18N6O2. The lowest BCUT2D eigenvalue weighted by atomic mass is 10.0. The van der Waals surface area contributed by atoms with Gasteiger partial charge < -0.3 is 10.3 Å². The first-order chi connectivity index (χ1) is 10.0. The number of aromatic nitrogens is 5. The number of pyridine rings is 1. The number of carbonyl (C=O) groups excluding carboxylic acids is 1. The van der Waals surface area contributed by atoms with E-state index in [0.717, 1.165) is 11.3 Å². The maximum atomic E-state index is 12.1. The van der Waals surface area contributed by atoms with Crippen molar-refractivity contribution in [1.29, 1.82) is 0 Å². The number of H-pyrrole nitrogens is 2. The summed E-state index contributed by atoms with van der Waals surface area (Å²) in [7, 11) is 0. The fourth-order valence-electron chi connectivity index (χ4n) is 2.06. The van der Waals surface area contributed by atoms with Crippen LogP contribution in [0.1, 0.15) is 39.4 Å². The van der Waals surface area contributed by atoms with Gasteiger partial charge in [0.15, 0.2) is 5.82 Å². The molecule has 0 saturated heterocycles. The van der Waals surface area contributed by atoms with Crippen molar-refractivity contribution in [3.05, 3.63) is 38.6 Å². The minimum absolute atomic E-state index is 0.178. The van der Waals surface area contributed by atoms with E-state index in [1.165, 1.54) is 0 Å². The summed E-state index contributed by atoms with van der Waals surface area (Å²) in [6.45, 7) is 5.93. The van der Waals surface area contributed by atoms with E-state index >= 15 is 0 Å². The van der Waals surface area contributed by atoms with Crippen LogP contribution in [0.15, 0.2) is 4.79 Å². The van der Waals surface area contributed by atoms with E-state index in [2.05, 4.69) is 30.9 Å². The number of rotatable bonds is 5. The molecule has 2 aromatic rings. The Hall–Kier alpha value is -2.51. The van der Waals surface area contributed by atoms with Crippen LogP contribution in [-0.2, 0) is 6.42 Å². The maximum absolute atomic E-state index is 12.1. The quantitative estimate of drug-likeness (QED) is 0.679. The fourth-order valence-corrected chi connectivity index (χ4v) is 2.06. The molecular weight excluding hydrogens is 272 g/mol. The van der Waals surface area contributed by atoms with Gasteiger partial charge in [0.2, 0.25) is 0 Å². The standard InChI is InChI=1S/C13H18N6O2/c1-7-8(2)11(13(21)15-9(7)3)12(20)14-6-4-5-10-16-18-19-17-10/h4-6H2,1-3H3,(H,14,20)(H,15,21)(H,16,17,18,19). The number of aryl methyl sites for hydroxylation is 2. The lowest BCUT2D eigenvalue weighted by molar-refractivity contribution is 0.0951. The van der Waals surface area contributed by atoms with Crippen molar-refractivity contribution >= 4 is 5.91 Å². The molecule has 0 spiro atoms. The van der Waals surface area contributed by atoms with Gasteiger partial charge in [-0.25, -0.2) is 0 Å². The second-order valence-electron chi connectivity index (χ2n) is 4.89. The highest BCUT2D eigenvalue weighted by Gasteiger charge is 2.16. The number of nitrogens with one attached hydrogen (secondary N) is 3. The molecule has 2 heterocycles. The first-order valence-corrected chi connectivity index (χ1v) is 6.71. The summed E-state index contributed by atoms with van der Waals surface area (Å²) in [6, 6.07) is 0. The van der Waals surface area contributed by atoms with E-state index in [1.807, 2.05) is 13.8 Å². The predicted octanol–water partition coefficient (Wildman–Crippen LogP) is 0.176. The minimum atomic E-state index is -0.357. The normalized spacial score (nSPS) is 10.6. The Kier molecular flexibility index (Phi) is 4.46. The lowest BCUT2D eigenvalue weighted by Gasteiger charge is -2.10. The first kappa shape index (κ1) is 14.9. The zero-order chi connectivity index (χ0) is 15.4. The molecule has 0 radical (unpaired) electrons. The second kappa shape index (κ2) is 6.29. The van der Waals surface area contributed by atoms with E-state index in [9.17, 15) is 9.59 Å². The van der Waals surface area contributed by atoms with E-state index in [0.29, 0.717) is 30.8 Å². The molecule has 0 aliphatic heterocycles. The molecule has 2 rings (SSSR count). The van der Waals surface area contributed by atoms with Gasteiger partial charge >= 0.3 is 0 Å². The van der Waals surface area contributed by atoms with Crippen molar-refractivity contribution in [2.45, 2.75) is 33.6 Å². The zero-order valence-corrected chi connectivity index (χ0v) is 12.3. The van der Waals surface area contributed by atoms with Gasteiger partial charge in [-0.15, -0.1) is 10.2 Å². The van der Waals surface area contributed by atoms with Crippen LogP contribution in [0.25, 0.3) is 0 Å². The van der Waals surface area contributed by atoms with Crippen molar-refractivity contribution in [1.82, 2.24) is 30.9 Å². The molecule has 0 unspecified atom stereocenters. The Morgan fingerprint density at radius 1 is 1.24 bits per heavy atom. The summed E-state index contributed by atoms with van der Waals surface area (Å²) in [5, 5.41) is 16.2. The number of hydrogen-bond donors (Lipinski definition) is 3. The Morgan fingerprint density at radius 3 is 2.67 bits per heavy atom. The molecule has 0 fully saturated rings. The molecule has 2 aromatic heterocycles. The molecule has 0 saturated carbocycles. The van der Waals surface area contributed by atoms with Gasteiger partial charge in [0.25, 0.3) is 11.5 Å². The van der Waals surface area contributed by atoms with Gasteiger partial charge in [-0.05, 0) is 38.3 Å². The topological polar surface area (TPSA) is 116 Å². The van der Waals surface area contributed by atoms with Crippen molar-refractivity contribution in [3.63, 3.8) is 0 Å². The Morgan fingerprint density at radius 2 is 2.00 bits per heavy atom. The summed E-state index contributed by atoms with van der Waals surface area (Å²) < 4.78 is 0. The SMILES string of the molecule is Cc1[nH]c(=O)c(C(=O)NCCCc2nn[nH]n2)c(C)c1C. The largest absolute Gasteiger partial charge is 0.352 e. The van der Waals surface area contributed by atoms with Crippen LogP contribution in [0.5, 0.6) is 0 Å². The third-order valence-electron chi connectivity index (χ3n) is 3.51. The van der Waals surface area contributed by atoms with E-state index in [1.54, 1.807) is 6.92 Å². The Labute approximate surface area is 121 Å². The summed E-state index contributed by atoms with van der Waals surface area (Å²) in [5.41, 5.74) is 2.24. The monoisotopic (exact) mass is 290 g/mol. The Bertz CT molecular complexity index is 689. The molecule has 0 bridgehead atoms. The van der Waals surface area contributed by atoms with Gasteiger partial charge in [-0.2, -0.15) is 5.21 Å². The molecule has 0 aliphatic carbocycles.